The molecule has 3 atom stereocenters. The van der Waals surface area contributed by atoms with Gasteiger partial charge in [0.05, 0.1) is 30.2 Å². The van der Waals surface area contributed by atoms with Crippen LogP contribution in [0.4, 0.5) is 0 Å². The number of nitrogens with one attached hydrogen (secondary N) is 1. The summed E-state index contributed by atoms with van der Waals surface area (Å²) in [6, 6.07) is 0. The van der Waals surface area contributed by atoms with Gasteiger partial charge >= 0.3 is 0 Å². The van der Waals surface area contributed by atoms with Gasteiger partial charge in [-0.2, -0.15) is 0 Å². The molecule has 0 saturated carbocycles. The standard InChI is InChI=1S/C15H22N4O2/c1-10-6-17-12(7-16-10)8-18-15(20)13-5-11-3-4-19(2)9-14(11)21-13/h6-7,11,13-14H,3-5,8-9H2,1-2H3,(H,18,20)/t11-,13-,14+/m0/s1. The number of amides is 1. The number of carbonyl (C=O) groups excluding carboxylic acids is 1. The number of nitrogens with zero attached hydrogens (tertiary/aromatic N) is 3. The normalized spacial score (nSPS) is 29.1. The maximum absolute atomic E-state index is 12.2. The van der Waals surface area contributed by atoms with E-state index in [-0.39, 0.29) is 18.1 Å². The molecule has 6 nitrogen and oxygen atoms in total. The van der Waals surface area contributed by atoms with Crippen molar-refractivity contribution in [2.45, 2.75) is 38.5 Å². The number of hydrogen-bond donors (Lipinski definition) is 1. The molecular weight excluding hydrogens is 268 g/mol. The molecule has 1 aromatic heterocycles. The maximum Gasteiger partial charge on any atom is 0.249 e. The van der Waals surface area contributed by atoms with Gasteiger partial charge in [-0.25, -0.2) is 0 Å². The van der Waals surface area contributed by atoms with Crippen LogP contribution in [0.15, 0.2) is 12.4 Å². The average Bonchev–Trinajstić information content (AvgIpc) is 2.89. The van der Waals surface area contributed by atoms with Gasteiger partial charge in [-0.3, -0.25) is 14.8 Å². The third-order valence-corrected chi connectivity index (χ3v) is 4.33. The third kappa shape index (κ3) is 3.39. The molecule has 0 aliphatic carbocycles. The first-order chi connectivity index (χ1) is 10.1. The minimum atomic E-state index is -0.315. The number of fused-ring (bicyclic) bond motifs is 1. The molecule has 2 saturated heterocycles. The summed E-state index contributed by atoms with van der Waals surface area (Å²) >= 11 is 0. The molecule has 3 heterocycles. The highest BCUT2D eigenvalue weighted by Gasteiger charge is 2.40. The van der Waals surface area contributed by atoms with Crippen molar-refractivity contribution >= 4 is 5.91 Å². The molecule has 114 valence electrons. The molecule has 0 bridgehead atoms. The van der Waals surface area contributed by atoms with Crippen LogP contribution in [0.1, 0.15) is 24.2 Å². The van der Waals surface area contributed by atoms with E-state index in [0.717, 1.165) is 37.3 Å². The van der Waals surface area contributed by atoms with Crippen LogP contribution in [-0.4, -0.2) is 53.1 Å². The zero-order chi connectivity index (χ0) is 14.8. The third-order valence-electron chi connectivity index (χ3n) is 4.33. The predicted octanol–water partition coefficient (Wildman–Crippen LogP) is 0.510. The highest BCUT2D eigenvalue weighted by atomic mass is 16.5. The number of carbonyl (C=O) groups is 1. The van der Waals surface area contributed by atoms with Crippen LogP contribution in [-0.2, 0) is 16.1 Å². The summed E-state index contributed by atoms with van der Waals surface area (Å²) in [4.78, 5) is 22.9. The molecule has 0 aromatic carbocycles. The van der Waals surface area contributed by atoms with E-state index in [9.17, 15) is 4.79 Å². The van der Waals surface area contributed by atoms with Crippen LogP contribution in [0.2, 0.25) is 0 Å². The molecule has 0 unspecified atom stereocenters. The zero-order valence-electron chi connectivity index (χ0n) is 12.6. The Balaban J connectivity index is 1.51. The fourth-order valence-corrected chi connectivity index (χ4v) is 3.06. The number of piperidine rings is 1. The molecule has 0 spiro atoms. The monoisotopic (exact) mass is 290 g/mol. The molecule has 2 aliphatic heterocycles. The molecule has 2 fully saturated rings. The van der Waals surface area contributed by atoms with Gasteiger partial charge in [0.15, 0.2) is 0 Å². The van der Waals surface area contributed by atoms with Crippen LogP contribution in [0.25, 0.3) is 0 Å². The van der Waals surface area contributed by atoms with E-state index >= 15 is 0 Å². The first-order valence-electron chi connectivity index (χ1n) is 7.51. The molecule has 2 aliphatic rings. The van der Waals surface area contributed by atoms with E-state index in [1.54, 1.807) is 12.4 Å². The summed E-state index contributed by atoms with van der Waals surface area (Å²) in [7, 11) is 2.10. The summed E-state index contributed by atoms with van der Waals surface area (Å²) in [5.74, 6) is 0.491. The lowest BCUT2D eigenvalue weighted by atomic mass is 9.92. The minimum Gasteiger partial charge on any atom is -0.364 e. The Morgan fingerprint density at radius 2 is 2.33 bits per heavy atom. The van der Waals surface area contributed by atoms with E-state index in [1.165, 1.54) is 0 Å². The Kier molecular flexibility index (Phi) is 4.17. The van der Waals surface area contributed by atoms with Crippen LogP contribution in [0.3, 0.4) is 0 Å². The molecule has 21 heavy (non-hydrogen) atoms. The largest absolute Gasteiger partial charge is 0.364 e. The second-order valence-corrected chi connectivity index (χ2v) is 6.08. The van der Waals surface area contributed by atoms with Crippen molar-refractivity contribution in [3.8, 4) is 0 Å². The number of likely N-dealkylation sites (N-methyl/N-ethyl adjacent to an activating group) is 1. The van der Waals surface area contributed by atoms with Gasteiger partial charge in [-0.05, 0) is 39.3 Å². The Morgan fingerprint density at radius 3 is 3.10 bits per heavy atom. The fraction of sp³-hybridized carbons (Fsp3) is 0.667. The quantitative estimate of drug-likeness (QED) is 0.878. The van der Waals surface area contributed by atoms with Crippen molar-refractivity contribution < 1.29 is 9.53 Å². The molecule has 3 rings (SSSR count). The molecule has 1 aromatic rings. The topological polar surface area (TPSA) is 67.4 Å². The summed E-state index contributed by atoms with van der Waals surface area (Å²) in [6.45, 7) is 4.32. The summed E-state index contributed by atoms with van der Waals surface area (Å²) < 4.78 is 5.92. The second-order valence-electron chi connectivity index (χ2n) is 6.08. The number of rotatable bonds is 3. The molecule has 1 N–H and O–H groups in total. The summed E-state index contributed by atoms with van der Waals surface area (Å²) in [6.07, 6.45) is 5.25. The van der Waals surface area contributed by atoms with Crippen molar-refractivity contribution in [2.24, 2.45) is 5.92 Å². The van der Waals surface area contributed by atoms with Gasteiger partial charge in [0.25, 0.3) is 0 Å². The Hall–Kier alpha value is -1.53. The Morgan fingerprint density at radius 1 is 1.48 bits per heavy atom. The Labute approximate surface area is 124 Å². The highest BCUT2D eigenvalue weighted by Crippen LogP contribution is 2.32. The SMILES string of the molecule is Cc1cnc(CNC(=O)[C@@H]2C[C@@H]3CCN(C)C[C@H]3O2)cn1. The zero-order valence-corrected chi connectivity index (χ0v) is 12.6. The molecule has 6 heteroatoms. The molecular formula is C15H22N4O2. The summed E-state index contributed by atoms with van der Waals surface area (Å²) in [5, 5.41) is 2.90. The van der Waals surface area contributed by atoms with E-state index < -0.39 is 0 Å². The van der Waals surface area contributed by atoms with Crippen LogP contribution in [0.5, 0.6) is 0 Å². The Bertz CT molecular complexity index is 505. The van der Waals surface area contributed by atoms with Gasteiger partial charge in [0.1, 0.15) is 6.10 Å². The first kappa shape index (κ1) is 14.4. The predicted molar refractivity (Wildman–Crippen MR) is 77.5 cm³/mol. The van der Waals surface area contributed by atoms with Crippen molar-refractivity contribution in [3.63, 3.8) is 0 Å². The number of likely N-dealkylation sites (tertiary alicyclic amines) is 1. The average molecular weight is 290 g/mol. The van der Waals surface area contributed by atoms with Crippen molar-refractivity contribution in [1.29, 1.82) is 0 Å². The number of aryl methyl sites for hydroxylation is 1. The first-order valence-corrected chi connectivity index (χ1v) is 7.51. The van der Waals surface area contributed by atoms with E-state index in [4.69, 9.17) is 4.74 Å². The van der Waals surface area contributed by atoms with E-state index in [0.29, 0.717) is 12.5 Å². The van der Waals surface area contributed by atoms with Crippen molar-refractivity contribution in [2.75, 3.05) is 20.1 Å². The second kappa shape index (κ2) is 6.07. The van der Waals surface area contributed by atoms with Crippen molar-refractivity contribution in [3.05, 3.63) is 23.8 Å². The maximum atomic E-state index is 12.2. The van der Waals surface area contributed by atoms with Crippen LogP contribution < -0.4 is 5.32 Å². The highest BCUT2D eigenvalue weighted by molar-refractivity contribution is 5.81. The van der Waals surface area contributed by atoms with Gasteiger partial charge < -0.3 is 15.0 Å². The lowest BCUT2D eigenvalue weighted by Crippen LogP contribution is -2.40. The van der Waals surface area contributed by atoms with Crippen molar-refractivity contribution in [1.82, 2.24) is 20.2 Å². The van der Waals surface area contributed by atoms with E-state index in [2.05, 4.69) is 27.2 Å². The van der Waals surface area contributed by atoms with Crippen LogP contribution in [0, 0.1) is 12.8 Å². The minimum absolute atomic E-state index is 0.0329. The van der Waals surface area contributed by atoms with E-state index in [1.807, 2.05) is 6.92 Å². The smallest absolute Gasteiger partial charge is 0.249 e. The van der Waals surface area contributed by atoms with Gasteiger partial charge in [0.2, 0.25) is 5.91 Å². The fourth-order valence-electron chi connectivity index (χ4n) is 3.06. The number of ether oxygens (including phenoxy) is 1. The van der Waals surface area contributed by atoms with Gasteiger partial charge in [-0.1, -0.05) is 0 Å². The van der Waals surface area contributed by atoms with Gasteiger partial charge in [-0.15, -0.1) is 0 Å². The molecule has 1 amide bonds. The van der Waals surface area contributed by atoms with Crippen LogP contribution >= 0.6 is 0 Å². The summed E-state index contributed by atoms with van der Waals surface area (Å²) in [5.41, 5.74) is 1.64. The number of aromatic nitrogens is 2. The van der Waals surface area contributed by atoms with Gasteiger partial charge in [0, 0.05) is 12.7 Å². The molecule has 0 radical (unpaired) electrons. The number of hydrogen-bond acceptors (Lipinski definition) is 5. The lowest BCUT2D eigenvalue weighted by Gasteiger charge is -2.30. The lowest BCUT2D eigenvalue weighted by molar-refractivity contribution is -0.132.